The Morgan fingerprint density at radius 1 is 1.46 bits per heavy atom. The summed E-state index contributed by atoms with van der Waals surface area (Å²) in [4.78, 5) is 5.55. The Balaban J connectivity index is 2.17. The van der Waals surface area contributed by atoms with Crippen LogP contribution in [0.3, 0.4) is 0 Å². The molecule has 0 radical (unpaired) electrons. The number of ether oxygens (including phenoxy) is 1. The third-order valence-corrected chi connectivity index (χ3v) is 4.32. The topological polar surface area (TPSA) is 22.1 Å². The summed E-state index contributed by atoms with van der Waals surface area (Å²) in [5.41, 5.74) is 0. The zero-order valence-electron chi connectivity index (χ0n) is 7.60. The number of thiol groups is 1. The Kier molecular flexibility index (Phi) is 2.54. The highest BCUT2D eigenvalue weighted by Gasteiger charge is 2.07. The molecule has 1 unspecified atom stereocenters. The molecule has 70 valence electrons. The van der Waals surface area contributed by atoms with Crippen molar-refractivity contribution in [2.75, 3.05) is 12.9 Å². The summed E-state index contributed by atoms with van der Waals surface area (Å²) in [5, 5.41) is 2.32. The first-order valence-corrected chi connectivity index (χ1v) is 5.93. The molecule has 0 aromatic carbocycles. The summed E-state index contributed by atoms with van der Waals surface area (Å²) < 4.78 is 5.01. The highest BCUT2D eigenvalue weighted by Crippen LogP contribution is 2.41. The Bertz CT molecular complexity index is 307. The van der Waals surface area contributed by atoms with Crippen LogP contribution in [0.25, 0.3) is 0 Å². The second-order valence-corrected chi connectivity index (χ2v) is 5.13. The number of allylic oxidation sites excluding steroid dienone is 1. The molecule has 3 heteroatoms. The molecule has 2 heterocycles. The van der Waals surface area contributed by atoms with Crippen molar-refractivity contribution in [2.24, 2.45) is 0 Å². The van der Waals surface area contributed by atoms with Crippen LogP contribution in [-0.4, -0.2) is 17.8 Å². The molecule has 0 spiro atoms. The van der Waals surface area contributed by atoms with Gasteiger partial charge in [0.15, 0.2) is 0 Å². The van der Waals surface area contributed by atoms with E-state index in [4.69, 9.17) is 4.74 Å². The van der Waals surface area contributed by atoms with Crippen LogP contribution in [0.5, 0.6) is 5.88 Å². The minimum absolute atomic E-state index is 0.0562. The SMILES string of the molecule is COc1ccc([SH]2C=CCC2)cn1. The first kappa shape index (κ1) is 8.63. The number of nitrogens with zero attached hydrogens (tertiary/aromatic N) is 1. The number of pyridine rings is 1. The molecule has 2 nitrogen and oxygen atoms in total. The van der Waals surface area contributed by atoms with Gasteiger partial charge in [0.25, 0.3) is 0 Å². The van der Waals surface area contributed by atoms with E-state index in [1.165, 1.54) is 17.1 Å². The maximum atomic E-state index is 5.01. The fourth-order valence-electron chi connectivity index (χ4n) is 1.37. The van der Waals surface area contributed by atoms with Gasteiger partial charge in [-0.2, -0.15) is 0 Å². The van der Waals surface area contributed by atoms with Crippen LogP contribution in [0.4, 0.5) is 0 Å². The van der Waals surface area contributed by atoms with Crippen molar-refractivity contribution in [3.8, 4) is 5.88 Å². The normalized spacial score (nSPS) is 23.3. The molecule has 0 saturated carbocycles. The second kappa shape index (κ2) is 3.83. The van der Waals surface area contributed by atoms with Gasteiger partial charge in [-0.15, -0.1) is 0 Å². The van der Waals surface area contributed by atoms with Crippen LogP contribution in [0.1, 0.15) is 6.42 Å². The van der Waals surface area contributed by atoms with Gasteiger partial charge in [0.2, 0.25) is 5.88 Å². The van der Waals surface area contributed by atoms with Crippen LogP contribution >= 0.6 is 10.9 Å². The predicted octanol–water partition coefficient (Wildman–Crippen LogP) is 2.37. The molecule has 13 heavy (non-hydrogen) atoms. The van der Waals surface area contributed by atoms with Gasteiger partial charge in [0.1, 0.15) is 0 Å². The number of methoxy groups -OCH3 is 1. The van der Waals surface area contributed by atoms with Crippen LogP contribution in [-0.2, 0) is 0 Å². The third-order valence-electron chi connectivity index (χ3n) is 2.08. The van der Waals surface area contributed by atoms with E-state index >= 15 is 0 Å². The van der Waals surface area contributed by atoms with E-state index in [1.807, 2.05) is 12.3 Å². The summed E-state index contributed by atoms with van der Waals surface area (Å²) in [7, 11) is 1.59. The number of rotatable bonds is 2. The molecule has 0 bridgehead atoms. The van der Waals surface area contributed by atoms with Crippen molar-refractivity contribution < 1.29 is 4.74 Å². The van der Waals surface area contributed by atoms with Crippen molar-refractivity contribution in [3.05, 3.63) is 29.8 Å². The van der Waals surface area contributed by atoms with Crippen molar-refractivity contribution in [1.82, 2.24) is 4.98 Å². The van der Waals surface area contributed by atoms with Gasteiger partial charge in [-0.1, -0.05) is 6.08 Å². The smallest absolute Gasteiger partial charge is 0.212 e. The highest BCUT2D eigenvalue weighted by molar-refractivity contribution is 8.19. The average Bonchev–Trinajstić information content (AvgIpc) is 2.71. The largest absolute Gasteiger partial charge is 0.481 e. The molecule has 1 atom stereocenters. The molecule has 2 rings (SSSR count). The predicted molar refractivity (Wildman–Crippen MR) is 56.7 cm³/mol. The summed E-state index contributed by atoms with van der Waals surface area (Å²) in [5.74, 6) is 1.98. The summed E-state index contributed by atoms with van der Waals surface area (Å²) in [6, 6.07) is 4.05. The minimum Gasteiger partial charge on any atom is -0.481 e. The average molecular weight is 195 g/mol. The third kappa shape index (κ3) is 1.86. The van der Waals surface area contributed by atoms with E-state index in [-0.39, 0.29) is 10.9 Å². The van der Waals surface area contributed by atoms with Gasteiger partial charge in [0.05, 0.1) is 7.11 Å². The molecule has 0 amide bonds. The quantitative estimate of drug-likeness (QED) is 0.732. The van der Waals surface area contributed by atoms with Crippen molar-refractivity contribution in [3.63, 3.8) is 0 Å². The zero-order valence-corrected chi connectivity index (χ0v) is 8.50. The Morgan fingerprint density at radius 2 is 2.38 bits per heavy atom. The lowest BCUT2D eigenvalue weighted by Gasteiger charge is -2.11. The monoisotopic (exact) mass is 195 g/mol. The van der Waals surface area contributed by atoms with Crippen LogP contribution in [0.15, 0.2) is 34.7 Å². The maximum Gasteiger partial charge on any atom is 0.212 e. The lowest BCUT2D eigenvalue weighted by molar-refractivity contribution is 0.397. The van der Waals surface area contributed by atoms with E-state index in [0.29, 0.717) is 5.88 Å². The molecule has 1 aromatic heterocycles. The second-order valence-electron chi connectivity index (χ2n) is 2.93. The van der Waals surface area contributed by atoms with Gasteiger partial charge in [-0.3, -0.25) is 0 Å². The first-order valence-electron chi connectivity index (χ1n) is 4.33. The maximum absolute atomic E-state index is 5.01. The molecule has 0 aliphatic carbocycles. The molecule has 0 fully saturated rings. The minimum atomic E-state index is -0.0562. The number of aromatic nitrogens is 1. The van der Waals surface area contributed by atoms with E-state index < -0.39 is 0 Å². The fourth-order valence-corrected chi connectivity index (χ4v) is 3.25. The van der Waals surface area contributed by atoms with Crippen LogP contribution in [0.2, 0.25) is 0 Å². The van der Waals surface area contributed by atoms with E-state index in [0.717, 1.165) is 0 Å². The summed E-state index contributed by atoms with van der Waals surface area (Å²) in [6.07, 6.45) is 5.41. The standard InChI is InChI=1S/C10H13NOS/c1-12-10-5-4-9(8-11-10)13-6-2-3-7-13/h2,4-6,8,13H,3,7H2,1H3. The van der Waals surface area contributed by atoms with Gasteiger partial charge in [-0.25, -0.2) is 15.9 Å². The van der Waals surface area contributed by atoms with Crippen molar-refractivity contribution >= 4 is 10.9 Å². The fraction of sp³-hybridized carbons (Fsp3) is 0.300. The van der Waals surface area contributed by atoms with Gasteiger partial charge in [-0.05, 0) is 23.6 Å². The molecular weight excluding hydrogens is 182 g/mol. The number of hydrogen-bond donors (Lipinski definition) is 1. The highest BCUT2D eigenvalue weighted by atomic mass is 32.2. The van der Waals surface area contributed by atoms with Crippen molar-refractivity contribution in [1.29, 1.82) is 0 Å². The van der Waals surface area contributed by atoms with Crippen LogP contribution in [0, 0.1) is 0 Å². The van der Waals surface area contributed by atoms with E-state index in [1.54, 1.807) is 7.11 Å². The summed E-state index contributed by atoms with van der Waals surface area (Å²) in [6.45, 7) is 0. The molecule has 0 N–H and O–H groups in total. The molecule has 1 aliphatic heterocycles. The Morgan fingerprint density at radius 3 is 2.92 bits per heavy atom. The summed E-state index contributed by atoms with van der Waals surface area (Å²) >= 11 is 0. The molecular formula is C10H13NOS. The van der Waals surface area contributed by atoms with Crippen LogP contribution < -0.4 is 4.74 Å². The van der Waals surface area contributed by atoms with Gasteiger partial charge < -0.3 is 4.74 Å². The van der Waals surface area contributed by atoms with Gasteiger partial charge >= 0.3 is 0 Å². The first-order chi connectivity index (χ1) is 6.40. The molecule has 0 saturated heterocycles. The van der Waals surface area contributed by atoms with E-state index in [9.17, 15) is 0 Å². The van der Waals surface area contributed by atoms with Gasteiger partial charge in [0, 0.05) is 17.2 Å². The molecule has 1 aliphatic rings. The lowest BCUT2D eigenvalue weighted by Crippen LogP contribution is -1.88. The van der Waals surface area contributed by atoms with E-state index in [2.05, 4.69) is 22.5 Å². The number of hydrogen-bond acceptors (Lipinski definition) is 2. The zero-order chi connectivity index (χ0) is 9.10. The molecule has 1 aromatic rings. The Hall–Kier alpha value is -0.960. The Labute approximate surface area is 81.0 Å². The van der Waals surface area contributed by atoms with Crippen molar-refractivity contribution in [2.45, 2.75) is 11.3 Å². The lowest BCUT2D eigenvalue weighted by atomic mass is 10.5.